The molecular formula is C12H19NO2. The average molecular weight is 209 g/mol. The van der Waals surface area contributed by atoms with Crippen LogP contribution in [0.5, 0.6) is 0 Å². The van der Waals surface area contributed by atoms with Gasteiger partial charge in [-0.05, 0) is 32.3 Å². The third-order valence-corrected chi connectivity index (χ3v) is 2.33. The van der Waals surface area contributed by atoms with Gasteiger partial charge in [-0.1, -0.05) is 18.6 Å². The predicted molar refractivity (Wildman–Crippen MR) is 60.3 cm³/mol. The highest BCUT2D eigenvalue weighted by atomic mass is 16.5. The Kier molecular flexibility index (Phi) is 4.95. The Hall–Kier alpha value is -1.25. The summed E-state index contributed by atoms with van der Waals surface area (Å²) in [4.78, 5) is 11.5. The molecular weight excluding hydrogens is 190 g/mol. The lowest BCUT2D eigenvalue weighted by Gasteiger charge is -2.08. The molecule has 0 spiro atoms. The zero-order valence-corrected chi connectivity index (χ0v) is 9.34. The highest BCUT2D eigenvalue weighted by molar-refractivity contribution is 5.88. The van der Waals surface area contributed by atoms with E-state index < -0.39 is 0 Å². The van der Waals surface area contributed by atoms with Crippen molar-refractivity contribution in [2.45, 2.75) is 32.6 Å². The first-order valence-electron chi connectivity index (χ1n) is 5.54. The molecule has 1 heterocycles. The van der Waals surface area contributed by atoms with Crippen LogP contribution in [-0.4, -0.2) is 19.1 Å². The standard InChI is InChI=1S/C12H19NO2/c1-3-15-12(14)11-9-10(2)7-5-4-6-8-13-11/h9,13H,2-8H2,1H3/b11-9-. The van der Waals surface area contributed by atoms with Crippen LogP contribution in [0.3, 0.4) is 0 Å². The number of carbonyl (C=O) groups is 1. The van der Waals surface area contributed by atoms with E-state index in [2.05, 4.69) is 11.9 Å². The van der Waals surface area contributed by atoms with E-state index in [4.69, 9.17) is 4.74 Å². The minimum absolute atomic E-state index is 0.277. The van der Waals surface area contributed by atoms with E-state index in [1.807, 2.05) is 13.0 Å². The second-order valence-electron chi connectivity index (χ2n) is 3.67. The van der Waals surface area contributed by atoms with Gasteiger partial charge >= 0.3 is 5.97 Å². The van der Waals surface area contributed by atoms with Gasteiger partial charge in [-0.2, -0.15) is 0 Å². The SMILES string of the molecule is C=C1/C=C(/C(=O)OCC)NCCCCC1. The molecule has 1 N–H and O–H groups in total. The number of ether oxygens (including phenoxy) is 1. The molecule has 84 valence electrons. The van der Waals surface area contributed by atoms with Gasteiger partial charge in [0.2, 0.25) is 0 Å². The van der Waals surface area contributed by atoms with Gasteiger partial charge in [0, 0.05) is 6.54 Å². The summed E-state index contributed by atoms with van der Waals surface area (Å²) >= 11 is 0. The van der Waals surface area contributed by atoms with Crippen LogP contribution < -0.4 is 5.32 Å². The Balaban J connectivity index is 2.67. The van der Waals surface area contributed by atoms with Gasteiger partial charge < -0.3 is 10.1 Å². The second-order valence-corrected chi connectivity index (χ2v) is 3.67. The molecule has 0 fully saturated rings. The van der Waals surface area contributed by atoms with E-state index in [9.17, 15) is 4.79 Å². The molecule has 1 aliphatic heterocycles. The molecule has 0 unspecified atom stereocenters. The summed E-state index contributed by atoms with van der Waals surface area (Å²) in [6.45, 7) is 6.97. The van der Waals surface area contributed by atoms with Crippen molar-refractivity contribution in [3.63, 3.8) is 0 Å². The summed E-state index contributed by atoms with van der Waals surface area (Å²) in [5, 5.41) is 3.10. The molecule has 0 saturated heterocycles. The third kappa shape index (κ3) is 4.19. The maximum Gasteiger partial charge on any atom is 0.354 e. The first-order chi connectivity index (χ1) is 7.24. The molecule has 0 aliphatic carbocycles. The maximum absolute atomic E-state index is 11.5. The van der Waals surface area contributed by atoms with E-state index in [1.165, 1.54) is 6.42 Å². The lowest BCUT2D eigenvalue weighted by Crippen LogP contribution is -2.23. The van der Waals surface area contributed by atoms with E-state index in [0.717, 1.165) is 31.4 Å². The number of esters is 1. The largest absolute Gasteiger partial charge is 0.461 e. The third-order valence-electron chi connectivity index (χ3n) is 2.33. The van der Waals surface area contributed by atoms with Crippen LogP contribution >= 0.6 is 0 Å². The first kappa shape index (κ1) is 11.8. The Morgan fingerprint density at radius 2 is 2.33 bits per heavy atom. The predicted octanol–water partition coefficient (Wildman–Crippen LogP) is 2.15. The number of hydrogen-bond acceptors (Lipinski definition) is 3. The van der Waals surface area contributed by atoms with Gasteiger partial charge in [0.05, 0.1) is 6.61 Å². The molecule has 0 radical (unpaired) electrons. The van der Waals surface area contributed by atoms with Crippen molar-refractivity contribution >= 4 is 5.97 Å². The fraction of sp³-hybridized carbons (Fsp3) is 0.583. The molecule has 15 heavy (non-hydrogen) atoms. The van der Waals surface area contributed by atoms with Crippen LogP contribution in [0.25, 0.3) is 0 Å². The zero-order valence-electron chi connectivity index (χ0n) is 9.34. The number of allylic oxidation sites excluding steroid dienone is 2. The number of nitrogens with one attached hydrogen (secondary N) is 1. The molecule has 3 nitrogen and oxygen atoms in total. The first-order valence-corrected chi connectivity index (χ1v) is 5.54. The minimum atomic E-state index is -0.277. The van der Waals surface area contributed by atoms with E-state index in [0.29, 0.717) is 12.3 Å². The molecule has 1 aliphatic rings. The van der Waals surface area contributed by atoms with Crippen LogP contribution in [0, 0.1) is 0 Å². The average Bonchev–Trinajstić information content (AvgIpc) is 2.30. The van der Waals surface area contributed by atoms with Crippen molar-refractivity contribution in [3.05, 3.63) is 23.9 Å². The molecule has 0 aromatic heterocycles. The van der Waals surface area contributed by atoms with Crippen molar-refractivity contribution < 1.29 is 9.53 Å². The van der Waals surface area contributed by atoms with Gasteiger partial charge in [-0.15, -0.1) is 0 Å². The highest BCUT2D eigenvalue weighted by Crippen LogP contribution is 2.12. The molecule has 0 saturated carbocycles. The Morgan fingerprint density at radius 3 is 3.07 bits per heavy atom. The van der Waals surface area contributed by atoms with Crippen molar-refractivity contribution in [1.29, 1.82) is 0 Å². The minimum Gasteiger partial charge on any atom is -0.461 e. The second kappa shape index (κ2) is 6.27. The van der Waals surface area contributed by atoms with Gasteiger partial charge in [0.1, 0.15) is 5.70 Å². The summed E-state index contributed by atoms with van der Waals surface area (Å²) in [5.74, 6) is -0.277. The summed E-state index contributed by atoms with van der Waals surface area (Å²) in [7, 11) is 0. The number of rotatable bonds is 2. The molecule has 0 amide bonds. The molecule has 0 aromatic carbocycles. The Bertz CT molecular complexity index is 269. The number of carbonyl (C=O) groups excluding carboxylic acids is 1. The van der Waals surface area contributed by atoms with Crippen LogP contribution in [0.4, 0.5) is 0 Å². The monoisotopic (exact) mass is 209 g/mol. The lowest BCUT2D eigenvalue weighted by atomic mass is 10.1. The van der Waals surface area contributed by atoms with Crippen LogP contribution in [0.2, 0.25) is 0 Å². The van der Waals surface area contributed by atoms with Crippen LogP contribution in [0.1, 0.15) is 32.6 Å². The van der Waals surface area contributed by atoms with E-state index >= 15 is 0 Å². The Morgan fingerprint density at radius 1 is 1.53 bits per heavy atom. The van der Waals surface area contributed by atoms with Crippen molar-refractivity contribution in [2.24, 2.45) is 0 Å². The summed E-state index contributed by atoms with van der Waals surface area (Å²) in [6.07, 6.45) is 6.18. The maximum atomic E-state index is 11.5. The normalized spacial score (nSPS) is 21.4. The lowest BCUT2D eigenvalue weighted by molar-refractivity contribution is -0.138. The van der Waals surface area contributed by atoms with Crippen molar-refractivity contribution in [2.75, 3.05) is 13.2 Å². The van der Waals surface area contributed by atoms with Crippen molar-refractivity contribution in [1.82, 2.24) is 5.32 Å². The van der Waals surface area contributed by atoms with Crippen LogP contribution in [0.15, 0.2) is 23.9 Å². The smallest absolute Gasteiger partial charge is 0.354 e. The molecule has 3 heteroatoms. The topological polar surface area (TPSA) is 38.3 Å². The van der Waals surface area contributed by atoms with E-state index in [1.54, 1.807) is 0 Å². The highest BCUT2D eigenvalue weighted by Gasteiger charge is 2.11. The van der Waals surface area contributed by atoms with Gasteiger partial charge in [-0.25, -0.2) is 4.79 Å². The molecule has 0 atom stereocenters. The molecule has 0 bridgehead atoms. The van der Waals surface area contributed by atoms with Crippen molar-refractivity contribution in [3.8, 4) is 0 Å². The zero-order chi connectivity index (χ0) is 11.1. The van der Waals surface area contributed by atoms with Gasteiger partial charge in [-0.3, -0.25) is 0 Å². The van der Waals surface area contributed by atoms with Crippen LogP contribution in [-0.2, 0) is 9.53 Å². The van der Waals surface area contributed by atoms with Gasteiger partial charge in [0.25, 0.3) is 0 Å². The summed E-state index contributed by atoms with van der Waals surface area (Å²) in [6, 6.07) is 0. The molecule has 1 rings (SSSR count). The molecule has 0 aromatic rings. The van der Waals surface area contributed by atoms with E-state index in [-0.39, 0.29) is 5.97 Å². The summed E-state index contributed by atoms with van der Waals surface area (Å²) in [5.41, 5.74) is 1.54. The fourth-order valence-electron chi connectivity index (χ4n) is 1.54. The Labute approximate surface area is 91.2 Å². The van der Waals surface area contributed by atoms with Gasteiger partial charge in [0.15, 0.2) is 0 Å². The quantitative estimate of drug-likeness (QED) is 0.708. The fourth-order valence-corrected chi connectivity index (χ4v) is 1.54. The summed E-state index contributed by atoms with van der Waals surface area (Å²) < 4.78 is 4.96. The number of hydrogen-bond donors (Lipinski definition) is 1.